The van der Waals surface area contributed by atoms with Gasteiger partial charge >= 0.3 is 0 Å². The van der Waals surface area contributed by atoms with Crippen molar-refractivity contribution in [2.45, 2.75) is 0 Å². The van der Waals surface area contributed by atoms with Crippen LogP contribution in [0.15, 0.2) is 176 Å². The van der Waals surface area contributed by atoms with Crippen LogP contribution in [-0.2, 0) is 0 Å². The topological polar surface area (TPSA) is 14.8 Å². The van der Waals surface area contributed by atoms with Crippen LogP contribution in [0.4, 0.5) is 0 Å². The quantitative estimate of drug-likeness (QED) is 0.191. The maximum atomic E-state index is 2.44. The molecule has 10 aromatic rings. The zero-order chi connectivity index (χ0) is 30.9. The van der Waals surface area contributed by atoms with E-state index in [1.165, 1.54) is 77.1 Å². The van der Waals surface area contributed by atoms with E-state index in [1.807, 2.05) is 0 Å². The lowest BCUT2D eigenvalue weighted by Gasteiger charge is -2.10. The molecule has 3 heteroatoms. The monoisotopic (exact) mass is 599 g/mol. The van der Waals surface area contributed by atoms with Crippen molar-refractivity contribution in [1.82, 2.24) is 13.7 Å². The lowest BCUT2D eigenvalue weighted by Crippen LogP contribution is -1.94. The molecule has 0 fully saturated rings. The van der Waals surface area contributed by atoms with Gasteiger partial charge in [-0.25, -0.2) is 0 Å². The Balaban J connectivity index is 1.16. The minimum absolute atomic E-state index is 1.15. The molecule has 47 heavy (non-hydrogen) atoms. The first-order valence-electron chi connectivity index (χ1n) is 16.1. The van der Waals surface area contributed by atoms with Crippen molar-refractivity contribution in [2.75, 3.05) is 0 Å². The fraction of sp³-hybridized carbons (Fsp3) is 0. The molecule has 3 heterocycles. The third-order valence-corrected chi connectivity index (χ3v) is 9.63. The first-order valence-corrected chi connectivity index (χ1v) is 16.1. The molecule has 0 bridgehead atoms. The smallest absolute Gasteiger partial charge is 0.0803 e. The summed E-state index contributed by atoms with van der Waals surface area (Å²) < 4.78 is 7.22. The molecule has 0 unspecified atom stereocenters. The van der Waals surface area contributed by atoms with Gasteiger partial charge in [-0.3, -0.25) is 0 Å². The van der Waals surface area contributed by atoms with E-state index in [9.17, 15) is 0 Å². The summed E-state index contributed by atoms with van der Waals surface area (Å²) in [5.74, 6) is 0. The molecule has 0 amide bonds. The molecule has 0 spiro atoms. The van der Waals surface area contributed by atoms with E-state index in [4.69, 9.17) is 0 Å². The second-order valence-corrected chi connectivity index (χ2v) is 12.2. The van der Waals surface area contributed by atoms with Gasteiger partial charge in [0, 0.05) is 38.6 Å². The number of para-hydroxylation sites is 5. The van der Waals surface area contributed by atoms with Crippen LogP contribution >= 0.6 is 0 Å². The molecule has 0 radical (unpaired) electrons. The fourth-order valence-electron chi connectivity index (χ4n) is 7.61. The Morgan fingerprint density at radius 3 is 1.23 bits per heavy atom. The van der Waals surface area contributed by atoms with Crippen LogP contribution in [0.5, 0.6) is 0 Å². The lowest BCUT2D eigenvalue weighted by atomic mass is 10.0. The molecule has 3 aromatic heterocycles. The number of hydrogen-bond donors (Lipinski definition) is 0. The maximum Gasteiger partial charge on any atom is 0.0803 e. The summed E-state index contributed by atoms with van der Waals surface area (Å²) in [5.41, 5.74) is 13.2. The number of nitrogens with zero attached hydrogens (tertiary/aromatic N) is 3. The van der Waals surface area contributed by atoms with Gasteiger partial charge in [0.1, 0.15) is 0 Å². The van der Waals surface area contributed by atoms with Gasteiger partial charge in [0.2, 0.25) is 0 Å². The Labute approximate surface area is 271 Å². The Hall–Kier alpha value is -6.32. The molecule has 10 rings (SSSR count). The van der Waals surface area contributed by atoms with Gasteiger partial charge in [-0.1, -0.05) is 109 Å². The van der Waals surface area contributed by atoms with Crippen molar-refractivity contribution in [3.8, 4) is 28.2 Å². The summed E-state index contributed by atoms with van der Waals surface area (Å²) in [5, 5.41) is 5.01. The van der Waals surface area contributed by atoms with Crippen molar-refractivity contribution in [3.05, 3.63) is 176 Å². The van der Waals surface area contributed by atoms with Gasteiger partial charge in [-0.05, 0) is 77.9 Å². The molecule has 0 atom stereocenters. The molecule has 0 saturated heterocycles. The third-order valence-electron chi connectivity index (χ3n) is 9.63. The molecule has 0 aliphatic rings. The minimum atomic E-state index is 1.15. The van der Waals surface area contributed by atoms with E-state index in [2.05, 4.69) is 190 Å². The largest absolute Gasteiger partial charge is 0.309 e. The van der Waals surface area contributed by atoms with Crippen molar-refractivity contribution in [3.63, 3.8) is 0 Å². The fourth-order valence-corrected chi connectivity index (χ4v) is 7.61. The van der Waals surface area contributed by atoms with E-state index < -0.39 is 0 Å². The number of hydrogen-bond acceptors (Lipinski definition) is 0. The SMILES string of the molecule is c1ccc(-n2c3ccccc3c3cc(-c4ccc(-n5c6ccccc6c6c5c5ccccc5n6-c5ccccc5)cc4)ccc32)cc1. The van der Waals surface area contributed by atoms with Crippen molar-refractivity contribution < 1.29 is 0 Å². The zero-order valence-corrected chi connectivity index (χ0v) is 25.6. The molecular weight excluding hydrogens is 571 g/mol. The van der Waals surface area contributed by atoms with Gasteiger partial charge < -0.3 is 13.7 Å². The van der Waals surface area contributed by atoms with E-state index >= 15 is 0 Å². The Kier molecular flexibility index (Phi) is 5.57. The molecule has 7 aromatic carbocycles. The van der Waals surface area contributed by atoms with Crippen LogP contribution in [-0.4, -0.2) is 13.7 Å². The van der Waals surface area contributed by atoms with Gasteiger partial charge in [-0.2, -0.15) is 0 Å². The van der Waals surface area contributed by atoms with E-state index in [1.54, 1.807) is 0 Å². The predicted molar refractivity (Wildman–Crippen MR) is 197 cm³/mol. The van der Waals surface area contributed by atoms with Crippen LogP contribution in [0.3, 0.4) is 0 Å². The van der Waals surface area contributed by atoms with Gasteiger partial charge in [0.15, 0.2) is 0 Å². The number of aromatic nitrogens is 3. The first-order chi connectivity index (χ1) is 23.3. The predicted octanol–water partition coefficient (Wildman–Crippen LogP) is 11.5. The summed E-state index contributed by atoms with van der Waals surface area (Å²) in [4.78, 5) is 0. The molecule has 0 saturated carbocycles. The van der Waals surface area contributed by atoms with E-state index in [0.717, 1.165) is 5.69 Å². The van der Waals surface area contributed by atoms with Crippen LogP contribution in [0.1, 0.15) is 0 Å². The number of fused-ring (bicyclic) bond motifs is 8. The minimum Gasteiger partial charge on any atom is -0.309 e. The first kappa shape index (κ1) is 26.0. The number of benzene rings is 7. The summed E-state index contributed by atoms with van der Waals surface area (Å²) in [6.07, 6.45) is 0. The van der Waals surface area contributed by atoms with Gasteiger partial charge in [0.25, 0.3) is 0 Å². The summed E-state index contributed by atoms with van der Waals surface area (Å²) in [6.45, 7) is 0. The Bertz CT molecular complexity index is 2750. The average molecular weight is 600 g/mol. The van der Waals surface area contributed by atoms with Crippen LogP contribution < -0.4 is 0 Å². The summed E-state index contributed by atoms with van der Waals surface area (Å²) in [6, 6.07) is 63.5. The average Bonchev–Trinajstić information content (AvgIpc) is 3.78. The molecule has 0 N–H and O–H groups in total. The molecule has 3 nitrogen and oxygen atoms in total. The summed E-state index contributed by atoms with van der Waals surface area (Å²) >= 11 is 0. The van der Waals surface area contributed by atoms with E-state index in [0.29, 0.717) is 0 Å². The molecular formula is C44H29N3. The highest BCUT2D eigenvalue weighted by atomic mass is 15.1. The maximum absolute atomic E-state index is 2.44. The lowest BCUT2D eigenvalue weighted by molar-refractivity contribution is 1.17. The highest BCUT2D eigenvalue weighted by Crippen LogP contribution is 2.41. The summed E-state index contributed by atoms with van der Waals surface area (Å²) in [7, 11) is 0. The second kappa shape index (κ2) is 10.1. The van der Waals surface area contributed by atoms with Gasteiger partial charge in [0.05, 0.1) is 33.1 Å². The normalized spacial score (nSPS) is 11.8. The van der Waals surface area contributed by atoms with Gasteiger partial charge in [-0.15, -0.1) is 0 Å². The Morgan fingerprint density at radius 2 is 0.660 bits per heavy atom. The van der Waals surface area contributed by atoms with E-state index in [-0.39, 0.29) is 0 Å². The van der Waals surface area contributed by atoms with Crippen molar-refractivity contribution >= 4 is 54.6 Å². The zero-order valence-electron chi connectivity index (χ0n) is 25.6. The van der Waals surface area contributed by atoms with Crippen LogP contribution in [0.2, 0.25) is 0 Å². The highest BCUT2D eigenvalue weighted by Gasteiger charge is 2.21. The van der Waals surface area contributed by atoms with Crippen LogP contribution in [0.25, 0.3) is 82.8 Å². The molecule has 220 valence electrons. The Morgan fingerprint density at radius 1 is 0.255 bits per heavy atom. The van der Waals surface area contributed by atoms with Crippen LogP contribution in [0, 0.1) is 0 Å². The number of rotatable bonds is 4. The molecule has 0 aliphatic heterocycles. The van der Waals surface area contributed by atoms with Crippen molar-refractivity contribution in [2.24, 2.45) is 0 Å². The highest BCUT2D eigenvalue weighted by molar-refractivity contribution is 6.20. The van der Waals surface area contributed by atoms with Crippen molar-refractivity contribution in [1.29, 1.82) is 0 Å². The standard InChI is InChI=1S/C44H29N3/c1-3-13-32(14-4-1)45-39-20-10-7-17-35(39)38-29-31(25-28-42(38)45)30-23-26-34(27-24-30)47-41-22-12-9-19-37(41)43-44(47)36-18-8-11-21-40(36)46(43)33-15-5-2-6-16-33/h1-29H. The molecule has 0 aliphatic carbocycles. The second-order valence-electron chi connectivity index (χ2n) is 12.2. The third kappa shape index (κ3) is 3.81.